The Morgan fingerprint density at radius 3 is 2.34 bits per heavy atom. The van der Waals surface area contributed by atoms with Gasteiger partial charge in [-0.2, -0.15) is 0 Å². The SMILES string of the molecule is C=CC(C)(C)/C=C(\CCC)OCCC(=O)O.COC(=O)CCOC1=CCC=CC=C1C.COC(=O)CSc1cccc(C)c1. The van der Waals surface area contributed by atoms with Crippen LogP contribution in [-0.4, -0.2) is 56.2 Å². The topological polar surface area (TPSA) is 108 Å². The molecule has 0 aliphatic heterocycles. The van der Waals surface area contributed by atoms with Crippen LogP contribution in [0.4, 0.5) is 0 Å². The Hall–Kier alpha value is -3.72. The van der Waals surface area contributed by atoms with Crippen LogP contribution in [-0.2, 0) is 33.3 Å². The van der Waals surface area contributed by atoms with E-state index in [0.29, 0.717) is 12.4 Å². The molecule has 9 heteroatoms. The van der Waals surface area contributed by atoms with Gasteiger partial charge < -0.3 is 24.1 Å². The number of carboxylic acid groups (broad SMARTS) is 1. The Balaban J connectivity index is 0.000000633. The van der Waals surface area contributed by atoms with Crippen molar-refractivity contribution in [3.8, 4) is 0 Å². The molecule has 8 nitrogen and oxygen atoms in total. The van der Waals surface area contributed by atoms with E-state index in [-0.39, 0.29) is 36.8 Å². The van der Waals surface area contributed by atoms with Crippen LogP contribution in [0.3, 0.4) is 0 Å². The average molecular weight is 631 g/mol. The second kappa shape index (κ2) is 23.7. The van der Waals surface area contributed by atoms with Crippen molar-refractivity contribution in [3.05, 3.63) is 90.0 Å². The lowest BCUT2D eigenvalue weighted by atomic mass is 9.92. The molecule has 0 spiro atoms. The minimum absolute atomic E-state index is 0.0373. The highest BCUT2D eigenvalue weighted by atomic mass is 32.2. The molecule has 2 rings (SSSR count). The Bertz CT molecular complexity index is 1160. The second-order valence-electron chi connectivity index (χ2n) is 10.3. The highest BCUT2D eigenvalue weighted by Crippen LogP contribution is 2.23. The molecule has 244 valence electrons. The second-order valence-corrected chi connectivity index (χ2v) is 11.4. The Morgan fingerprint density at radius 2 is 1.75 bits per heavy atom. The highest BCUT2D eigenvalue weighted by Gasteiger charge is 2.12. The zero-order valence-corrected chi connectivity index (χ0v) is 28.2. The largest absolute Gasteiger partial charge is 0.498 e. The molecule has 1 aromatic carbocycles. The summed E-state index contributed by atoms with van der Waals surface area (Å²) in [4.78, 5) is 33.1. The van der Waals surface area contributed by atoms with Crippen LogP contribution in [0.25, 0.3) is 0 Å². The van der Waals surface area contributed by atoms with Crippen molar-refractivity contribution in [2.75, 3.05) is 33.2 Å². The molecule has 44 heavy (non-hydrogen) atoms. The molecule has 0 saturated carbocycles. The van der Waals surface area contributed by atoms with Gasteiger partial charge in [0.15, 0.2) is 0 Å². The Labute approximate surface area is 267 Å². The van der Waals surface area contributed by atoms with E-state index in [9.17, 15) is 14.4 Å². The van der Waals surface area contributed by atoms with Gasteiger partial charge in [0.1, 0.15) is 5.76 Å². The van der Waals surface area contributed by atoms with Crippen LogP contribution < -0.4 is 0 Å². The standard InChI is InChI=1S/C13H22O3.C12H16O3.C10H12O2S/c1-5-7-11(10-13(3,4)6-2)16-9-8-12(14)15;1-10-6-4-3-5-7-11(10)15-9-8-12(13)14-2;1-8-4-3-5-9(6-8)13-7-10(11)12-2/h6,10H,2,5,7-9H2,1,3-4H3,(H,14,15);3-4,6-7H,5,8-9H2,1-2H3;3-6H,7H2,1-2H3/b11-10+;;. The van der Waals surface area contributed by atoms with Crippen molar-refractivity contribution >= 4 is 29.7 Å². The molecule has 1 aromatic rings. The predicted octanol–water partition coefficient (Wildman–Crippen LogP) is 7.99. The van der Waals surface area contributed by atoms with Crippen molar-refractivity contribution in [1.82, 2.24) is 0 Å². The van der Waals surface area contributed by atoms with Crippen LogP contribution in [0.1, 0.15) is 65.4 Å². The maximum absolute atomic E-state index is 10.9. The third kappa shape index (κ3) is 21.0. The molecule has 1 aliphatic carbocycles. The first-order chi connectivity index (χ1) is 20.9. The van der Waals surface area contributed by atoms with Gasteiger partial charge in [0.25, 0.3) is 0 Å². The van der Waals surface area contributed by atoms with Crippen LogP contribution in [0, 0.1) is 12.3 Å². The number of methoxy groups -OCH3 is 2. The maximum atomic E-state index is 10.9. The third-order valence-corrected chi connectivity index (χ3v) is 6.80. The molecule has 0 fully saturated rings. The monoisotopic (exact) mass is 630 g/mol. The van der Waals surface area contributed by atoms with Crippen molar-refractivity contribution in [2.24, 2.45) is 5.41 Å². The number of hydrogen-bond donors (Lipinski definition) is 1. The molecule has 0 bridgehead atoms. The number of allylic oxidation sites excluding steroid dienone is 8. The summed E-state index contributed by atoms with van der Waals surface area (Å²) in [6, 6.07) is 8.05. The summed E-state index contributed by atoms with van der Waals surface area (Å²) in [5, 5.41) is 8.52. The summed E-state index contributed by atoms with van der Waals surface area (Å²) >= 11 is 1.49. The van der Waals surface area contributed by atoms with Crippen LogP contribution in [0.5, 0.6) is 0 Å². The number of esters is 2. The number of thioether (sulfide) groups is 1. The number of hydrogen-bond acceptors (Lipinski definition) is 8. The summed E-state index contributed by atoms with van der Waals surface area (Å²) in [5.41, 5.74) is 2.16. The summed E-state index contributed by atoms with van der Waals surface area (Å²) in [6.45, 7) is 14.5. The van der Waals surface area contributed by atoms with Gasteiger partial charge in [-0.1, -0.05) is 62.8 Å². The highest BCUT2D eigenvalue weighted by molar-refractivity contribution is 8.00. The molecular weight excluding hydrogens is 580 g/mol. The molecule has 0 radical (unpaired) electrons. The molecule has 1 aliphatic rings. The normalized spacial score (nSPS) is 12.5. The van der Waals surface area contributed by atoms with Crippen molar-refractivity contribution in [1.29, 1.82) is 0 Å². The van der Waals surface area contributed by atoms with E-state index in [1.807, 2.05) is 82.3 Å². The Kier molecular flexibility index (Phi) is 21.7. The maximum Gasteiger partial charge on any atom is 0.315 e. The van der Waals surface area contributed by atoms with Gasteiger partial charge in [0.05, 0.1) is 51.8 Å². The van der Waals surface area contributed by atoms with E-state index in [2.05, 4.69) is 29.1 Å². The summed E-state index contributed by atoms with van der Waals surface area (Å²) < 4.78 is 20.0. The predicted molar refractivity (Wildman–Crippen MR) is 177 cm³/mol. The number of benzene rings is 1. The van der Waals surface area contributed by atoms with Gasteiger partial charge in [-0.25, -0.2) is 0 Å². The minimum Gasteiger partial charge on any atom is -0.498 e. The van der Waals surface area contributed by atoms with Gasteiger partial charge in [0.2, 0.25) is 0 Å². The van der Waals surface area contributed by atoms with E-state index < -0.39 is 5.97 Å². The molecule has 0 atom stereocenters. The van der Waals surface area contributed by atoms with Gasteiger partial charge >= 0.3 is 17.9 Å². The summed E-state index contributed by atoms with van der Waals surface area (Å²) in [7, 11) is 2.78. The zero-order chi connectivity index (χ0) is 33.4. The lowest BCUT2D eigenvalue weighted by molar-refractivity contribution is -0.141. The number of carboxylic acids is 1. The number of ether oxygens (including phenoxy) is 4. The fourth-order valence-corrected chi connectivity index (χ4v) is 4.16. The molecule has 0 heterocycles. The fourth-order valence-electron chi connectivity index (χ4n) is 3.31. The van der Waals surface area contributed by atoms with Crippen LogP contribution >= 0.6 is 11.8 Å². The lowest BCUT2D eigenvalue weighted by Gasteiger charge is -2.17. The Morgan fingerprint density at radius 1 is 1.05 bits per heavy atom. The van der Waals surface area contributed by atoms with Gasteiger partial charge in [-0.05, 0) is 56.5 Å². The quantitative estimate of drug-likeness (QED) is 0.0892. The molecule has 0 saturated heterocycles. The number of rotatable bonds is 15. The summed E-state index contributed by atoms with van der Waals surface area (Å²) in [5.74, 6) is 0.812. The number of aryl methyl sites for hydroxylation is 1. The number of carbonyl (C=O) groups excluding carboxylic acids is 2. The van der Waals surface area contributed by atoms with Gasteiger partial charge in [-0.3, -0.25) is 14.4 Å². The van der Waals surface area contributed by atoms with E-state index >= 15 is 0 Å². The lowest BCUT2D eigenvalue weighted by Crippen LogP contribution is -2.07. The first-order valence-electron chi connectivity index (χ1n) is 14.6. The van der Waals surface area contributed by atoms with Crippen molar-refractivity contribution < 1.29 is 38.4 Å². The van der Waals surface area contributed by atoms with Crippen molar-refractivity contribution in [3.63, 3.8) is 0 Å². The summed E-state index contributed by atoms with van der Waals surface area (Å²) in [6.07, 6.45) is 14.9. The van der Waals surface area contributed by atoms with Gasteiger partial charge in [0, 0.05) is 16.7 Å². The van der Waals surface area contributed by atoms with E-state index in [1.54, 1.807) is 0 Å². The fraction of sp³-hybridized carbons (Fsp3) is 0.457. The smallest absolute Gasteiger partial charge is 0.315 e. The van der Waals surface area contributed by atoms with Crippen LogP contribution in [0.15, 0.2) is 89.3 Å². The average Bonchev–Trinajstić information content (AvgIpc) is 3.19. The molecule has 0 unspecified atom stereocenters. The number of aliphatic carboxylic acids is 1. The third-order valence-electron chi connectivity index (χ3n) is 5.83. The molecule has 1 N–H and O–H groups in total. The first kappa shape index (κ1) is 40.3. The molecule has 0 amide bonds. The van der Waals surface area contributed by atoms with Crippen molar-refractivity contribution in [2.45, 2.75) is 71.6 Å². The van der Waals surface area contributed by atoms with E-state index in [4.69, 9.17) is 14.6 Å². The molecular formula is C35H50O8S. The van der Waals surface area contributed by atoms with Gasteiger partial charge in [-0.15, -0.1) is 18.3 Å². The molecule has 0 aromatic heterocycles. The number of carbonyl (C=O) groups is 3. The zero-order valence-electron chi connectivity index (χ0n) is 27.4. The minimum atomic E-state index is -0.834. The van der Waals surface area contributed by atoms with E-state index in [1.165, 1.54) is 31.5 Å². The van der Waals surface area contributed by atoms with E-state index in [0.717, 1.165) is 41.2 Å². The van der Waals surface area contributed by atoms with Crippen LogP contribution in [0.2, 0.25) is 0 Å². The first-order valence-corrected chi connectivity index (χ1v) is 15.6.